The molecule has 1 aromatic rings. The van der Waals surface area contributed by atoms with E-state index in [9.17, 15) is 4.79 Å². The molecule has 15 heavy (non-hydrogen) atoms. The van der Waals surface area contributed by atoms with Gasteiger partial charge in [0, 0.05) is 18.4 Å². The van der Waals surface area contributed by atoms with Crippen LogP contribution in [-0.4, -0.2) is 5.78 Å². The van der Waals surface area contributed by atoms with Gasteiger partial charge in [-0.2, -0.15) is 0 Å². The van der Waals surface area contributed by atoms with E-state index >= 15 is 0 Å². The quantitative estimate of drug-likeness (QED) is 0.414. The monoisotopic (exact) mass is 200 g/mol. The molecule has 0 N–H and O–H groups in total. The Morgan fingerprint density at radius 1 is 1.40 bits per heavy atom. The van der Waals surface area contributed by atoms with Crippen LogP contribution in [0.4, 0.5) is 0 Å². The lowest BCUT2D eigenvalue weighted by atomic mass is 9.97. The molecular weight excluding hydrogens is 184 g/mol. The maximum Gasteiger partial charge on any atom is 0.163 e. The number of hydrogen-bond acceptors (Lipinski definition) is 1. The Kier molecular flexibility index (Phi) is 4.12. The number of unbranched alkanes of at least 4 members (excludes halogenated alkanes) is 1. The molecule has 1 rings (SSSR count). The van der Waals surface area contributed by atoms with Crippen molar-refractivity contribution in [2.45, 2.75) is 33.1 Å². The summed E-state index contributed by atoms with van der Waals surface area (Å²) in [6, 6.07) is 5.84. The van der Waals surface area contributed by atoms with Gasteiger partial charge in [-0.25, -0.2) is 0 Å². The highest BCUT2D eigenvalue weighted by Gasteiger charge is 2.08. The molecule has 0 unspecified atom stereocenters. The fraction of sp³-hybridized carbons (Fsp3) is 0.357. The fourth-order valence-corrected chi connectivity index (χ4v) is 1.54. The van der Waals surface area contributed by atoms with Gasteiger partial charge < -0.3 is 0 Å². The molecule has 0 aliphatic carbocycles. The first-order valence-electron chi connectivity index (χ1n) is 5.19. The summed E-state index contributed by atoms with van der Waals surface area (Å²) in [6.45, 7) is 4.01. The number of aryl methyl sites for hydroxylation is 1. The summed E-state index contributed by atoms with van der Waals surface area (Å²) < 4.78 is 0. The van der Waals surface area contributed by atoms with Crippen LogP contribution < -0.4 is 0 Å². The molecule has 1 aromatic carbocycles. The van der Waals surface area contributed by atoms with Gasteiger partial charge in [-0.3, -0.25) is 4.79 Å². The molecule has 1 nitrogen and oxygen atoms in total. The summed E-state index contributed by atoms with van der Waals surface area (Å²) >= 11 is 0. The van der Waals surface area contributed by atoms with E-state index in [1.807, 2.05) is 32.0 Å². The van der Waals surface area contributed by atoms with Crippen molar-refractivity contribution in [3.63, 3.8) is 0 Å². The molecule has 0 radical (unpaired) electrons. The normalized spacial score (nSPS) is 9.67. The first-order valence-corrected chi connectivity index (χ1v) is 5.19. The van der Waals surface area contributed by atoms with E-state index in [4.69, 9.17) is 6.42 Å². The molecule has 0 heterocycles. The highest BCUT2D eigenvalue weighted by atomic mass is 16.1. The number of hydrogen-bond donors (Lipinski definition) is 0. The van der Waals surface area contributed by atoms with Crippen molar-refractivity contribution in [3.05, 3.63) is 34.9 Å². The lowest BCUT2D eigenvalue weighted by Gasteiger charge is -2.06. The molecule has 0 saturated heterocycles. The number of terminal acetylenes is 1. The third-order valence-electron chi connectivity index (χ3n) is 2.63. The van der Waals surface area contributed by atoms with Crippen molar-refractivity contribution < 1.29 is 4.79 Å². The van der Waals surface area contributed by atoms with Gasteiger partial charge in [-0.1, -0.05) is 18.2 Å². The van der Waals surface area contributed by atoms with Crippen LogP contribution in [0.25, 0.3) is 0 Å². The highest BCUT2D eigenvalue weighted by Crippen LogP contribution is 2.15. The van der Waals surface area contributed by atoms with Crippen molar-refractivity contribution in [1.29, 1.82) is 0 Å². The lowest BCUT2D eigenvalue weighted by Crippen LogP contribution is -2.02. The maximum atomic E-state index is 11.8. The molecule has 0 saturated carbocycles. The minimum atomic E-state index is 0.200. The Balaban J connectivity index is 2.75. The zero-order chi connectivity index (χ0) is 11.3. The van der Waals surface area contributed by atoms with Gasteiger partial charge >= 0.3 is 0 Å². The molecule has 0 bridgehead atoms. The lowest BCUT2D eigenvalue weighted by molar-refractivity contribution is 0.0980. The molecule has 1 heteroatoms. The fourth-order valence-electron chi connectivity index (χ4n) is 1.54. The van der Waals surface area contributed by atoms with Crippen molar-refractivity contribution in [2.75, 3.05) is 0 Å². The van der Waals surface area contributed by atoms with Gasteiger partial charge in [0.25, 0.3) is 0 Å². The Hall–Kier alpha value is -1.55. The second kappa shape index (κ2) is 5.36. The van der Waals surface area contributed by atoms with E-state index in [1.54, 1.807) is 0 Å². The first kappa shape index (κ1) is 11.5. The van der Waals surface area contributed by atoms with Crippen LogP contribution in [-0.2, 0) is 0 Å². The number of ketones is 1. The summed E-state index contributed by atoms with van der Waals surface area (Å²) in [5.41, 5.74) is 3.09. The molecule has 0 amide bonds. The standard InChI is InChI=1S/C14H16O/c1-4-5-6-10-14(15)13-9-7-8-11(2)12(13)3/h1,7-9H,5-6,10H2,2-3H3. The molecule has 78 valence electrons. The Labute approximate surface area is 91.5 Å². The Morgan fingerprint density at radius 2 is 2.13 bits per heavy atom. The van der Waals surface area contributed by atoms with Gasteiger partial charge in [-0.15, -0.1) is 12.3 Å². The van der Waals surface area contributed by atoms with Gasteiger partial charge in [-0.05, 0) is 31.4 Å². The summed E-state index contributed by atoms with van der Waals surface area (Å²) in [5.74, 6) is 2.75. The second-order valence-electron chi connectivity index (χ2n) is 3.73. The maximum absolute atomic E-state index is 11.8. The van der Waals surface area contributed by atoms with Gasteiger partial charge in [0.15, 0.2) is 5.78 Å². The third kappa shape index (κ3) is 2.95. The molecule has 0 aliphatic rings. The van der Waals surface area contributed by atoms with Crippen molar-refractivity contribution in [1.82, 2.24) is 0 Å². The number of Topliss-reactive ketones (excluding diaryl/α,β-unsaturated/α-hetero) is 1. The van der Waals surface area contributed by atoms with E-state index in [0.29, 0.717) is 12.8 Å². The van der Waals surface area contributed by atoms with E-state index in [2.05, 4.69) is 5.92 Å². The van der Waals surface area contributed by atoms with E-state index in [-0.39, 0.29) is 5.78 Å². The van der Waals surface area contributed by atoms with E-state index < -0.39 is 0 Å². The van der Waals surface area contributed by atoms with Gasteiger partial charge in [0.05, 0.1) is 0 Å². The topological polar surface area (TPSA) is 17.1 Å². The van der Waals surface area contributed by atoms with Crippen LogP contribution in [0, 0.1) is 26.2 Å². The predicted molar refractivity (Wildman–Crippen MR) is 62.9 cm³/mol. The predicted octanol–water partition coefficient (Wildman–Crippen LogP) is 3.29. The number of benzene rings is 1. The Bertz CT molecular complexity index is 396. The number of rotatable bonds is 4. The number of carbonyl (C=O) groups is 1. The molecule has 0 atom stereocenters. The second-order valence-corrected chi connectivity index (χ2v) is 3.73. The SMILES string of the molecule is C#CCCCC(=O)c1cccc(C)c1C. The minimum absolute atomic E-state index is 0.200. The molecular formula is C14H16O. The largest absolute Gasteiger partial charge is 0.294 e. The third-order valence-corrected chi connectivity index (χ3v) is 2.63. The van der Waals surface area contributed by atoms with Crippen LogP contribution in [0.5, 0.6) is 0 Å². The van der Waals surface area contributed by atoms with Crippen molar-refractivity contribution in [2.24, 2.45) is 0 Å². The van der Waals surface area contributed by atoms with Gasteiger partial charge in [0.2, 0.25) is 0 Å². The van der Waals surface area contributed by atoms with Crippen LogP contribution in [0.15, 0.2) is 18.2 Å². The van der Waals surface area contributed by atoms with Crippen molar-refractivity contribution >= 4 is 5.78 Å². The molecule has 0 aliphatic heterocycles. The average Bonchev–Trinajstić information content (AvgIpc) is 2.22. The zero-order valence-electron chi connectivity index (χ0n) is 9.34. The number of carbonyl (C=O) groups excluding carboxylic acids is 1. The summed E-state index contributed by atoms with van der Waals surface area (Å²) in [4.78, 5) is 11.8. The molecule has 0 fully saturated rings. The molecule has 0 spiro atoms. The zero-order valence-corrected chi connectivity index (χ0v) is 9.34. The first-order chi connectivity index (χ1) is 7.16. The van der Waals surface area contributed by atoms with Crippen molar-refractivity contribution in [3.8, 4) is 12.3 Å². The van der Waals surface area contributed by atoms with Gasteiger partial charge in [0.1, 0.15) is 0 Å². The summed E-state index contributed by atoms with van der Waals surface area (Å²) in [6.07, 6.45) is 7.15. The minimum Gasteiger partial charge on any atom is -0.294 e. The van der Waals surface area contributed by atoms with Crippen LogP contribution >= 0.6 is 0 Å². The van der Waals surface area contributed by atoms with E-state index in [1.165, 1.54) is 0 Å². The highest BCUT2D eigenvalue weighted by molar-refractivity contribution is 5.97. The van der Waals surface area contributed by atoms with Crippen LogP contribution in [0.1, 0.15) is 40.7 Å². The van der Waals surface area contributed by atoms with E-state index in [0.717, 1.165) is 23.1 Å². The summed E-state index contributed by atoms with van der Waals surface area (Å²) in [5, 5.41) is 0. The summed E-state index contributed by atoms with van der Waals surface area (Å²) in [7, 11) is 0. The van der Waals surface area contributed by atoms with Crippen LogP contribution in [0.3, 0.4) is 0 Å². The van der Waals surface area contributed by atoms with Crippen LogP contribution in [0.2, 0.25) is 0 Å². The smallest absolute Gasteiger partial charge is 0.163 e. The molecule has 0 aromatic heterocycles. The Morgan fingerprint density at radius 3 is 2.80 bits per heavy atom. The average molecular weight is 200 g/mol.